The Bertz CT molecular complexity index is 725. The molecule has 1 fully saturated rings. The van der Waals surface area contributed by atoms with Gasteiger partial charge in [0.05, 0.1) is 30.4 Å². The maximum absolute atomic E-state index is 12.5. The highest BCUT2D eigenvalue weighted by Crippen LogP contribution is 2.35. The smallest absolute Gasteiger partial charge is 0.316 e. The number of pyridine rings is 2. The van der Waals surface area contributed by atoms with E-state index in [4.69, 9.17) is 9.47 Å². The Kier molecular flexibility index (Phi) is 5.28. The predicted octanol–water partition coefficient (Wildman–Crippen LogP) is 2.34. The molecular formula is C19H23N3O3. The third-order valence-electron chi connectivity index (χ3n) is 4.68. The van der Waals surface area contributed by atoms with E-state index in [1.165, 1.54) is 7.11 Å². The molecule has 3 rings (SSSR count). The van der Waals surface area contributed by atoms with Crippen LogP contribution in [-0.4, -0.2) is 42.7 Å². The standard InChI is InChI=1S/C19H23N3O3/c1-3-25-17-15(5-4-10-21-17)16-7-6-14(13-22-16)19(18(23)24-2)8-11-20-12-9-19/h4-7,10,13,20H,3,8-9,11-12H2,1-2H3. The first-order chi connectivity index (χ1) is 12.2. The van der Waals surface area contributed by atoms with Crippen molar-refractivity contribution in [3.05, 3.63) is 42.2 Å². The van der Waals surface area contributed by atoms with E-state index in [-0.39, 0.29) is 5.97 Å². The highest BCUT2D eigenvalue weighted by atomic mass is 16.5. The lowest BCUT2D eigenvalue weighted by atomic mass is 9.73. The molecule has 1 N–H and O–H groups in total. The molecule has 0 unspecified atom stereocenters. The van der Waals surface area contributed by atoms with Crippen LogP contribution in [0.15, 0.2) is 36.7 Å². The lowest BCUT2D eigenvalue weighted by Gasteiger charge is -2.35. The van der Waals surface area contributed by atoms with Gasteiger partial charge in [0, 0.05) is 12.4 Å². The fourth-order valence-electron chi connectivity index (χ4n) is 3.33. The van der Waals surface area contributed by atoms with Crippen LogP contribution in [0, 0.1) is 0 Å². The van der Waals surface area contributed by atoms with Crippen molar-refractivity contribution in [1.29, 1.82) is 0 Å². The number of piperidine rings is 1. The van der Waals surface area contributed by atoms with Gasteiger partial charge in [-0.15, -0.1) is 0 Å². The highest BCUT2D eigenvalue weighted by molar-refractivity contribution is 5.83. The van der Waals surface area contributed by atoms with Gasteiger partial charge in [-0.05, 0) is 56.6 Å². The Labute approximate surface area is 147 Å². The zero-order valence-electron chi connectivity index (χ0n) is 14.6. The molecule has 0 bridgehead atoms. The summed E-state index contributed by atoms with van der Waals surface area (Å²) in [5.41, 5.74) is 1.89. The van der Waals surface area contributed by atoms with Crippen LogP contribution in [0.2, 0.25) is 0 Å². The Morgan fingerprint density at radius 3 is 2.68 bits per heavy atom. The molecule has 0 spiro atoms. The monoisotopic (exact) mass is 341 g/mol. The number of nitrogens with one attached hydrogen (secondary N) is 1. The summed E-state index contributed by atoms with van der Waals surface area (Å²) in [5.74, 6) is 0.370. The van der Waals surface area contributed by atoms with Gasteiger partial charge in [0.25, 0.3) is 0 Å². The molecule has 1 aliphatic heterocycles. The first kappa shape index (κ1) is 17.4. The summed E-state index contributed by atoms with van der Waals surface area (Å²) in [6.07, 6.45) is 4.89. The van der Waals surface area contributed by atoms with Gasteiger partial charge >= 0.3 is 5.97 Å². The number of methoxy groups -OCH3 is 1. The zero-order valence-corrected chi connectivity index (χ0v) is 14.6. The van der Waals surface area contributed by atoms with Gasteiger partial charge in [-0.1, -0.05) is 6.07 Å². The largest absolute Gasteiger partial charge is 0.477 e. The number of hydrogen-bond acceptors (Lipinski definition) is 6. The second-order valence-electron chi connectivity index (χ2n) is 6.04. The average Bonchev–Trinajstić information content (AvgIpc) is 2.69. The minimum Gasteiger partial charge on any atom is -0.477 e. The molecule has 0 aromatic carbocycles. The molecule has 25 heavy (non-hydrogen) atoms. The lowest BCUT2D eigenvalue weighted by molar-refractivity contribution is -0.148. The maximum Gasteiger partial charge on any atom is 0.316 e. The average molecular weight is 341 g/mol. The quantitative estimate of drug-likeness (QED) is 0.842. The van der Waals surface area contributed by atoms with E-state index >= 15 is 0 Å². The van der Waals surface area contributed by atoms with Crippen molar-refractivity contribution in [3.8, 4) is 17.1 Å². The van der Waals surface area contributed by atoms with Crippen LogP contribution < -0.4 is 10.1 Å². The van der Waals surface area contributed by atoms with Crippen molar-refractivity contribution in [3.63, 3.8) is 0 Å². The number of carbonyl (C=O) groups excluding carboxylic acids is 1. The fourth-order valence-corrected chi connectivity index (χ4v) is 3.33. The van der Waals surface area contributed by atoms with Gasteiger partial charge in [-0.2, -0.15) is 0 Å². The van der Waals surface area contributed by atoms with Crippen LogP contribution in [0.3, 0.4) is 0 Å². The first-order valence-electron chi connectivity index (χ1n) is 8.55. The highest BCUT2D eigenvalue weighted by Gasteiger charge is 2.42. The van der Waals surface area contributed by atoms with E-state index in [0.717, 1.165) is 29.9 Å². The summed E-state index contributed by atoms with van der Waals surface area (Å²) >= 11 is 0. The molecule has 0 radical (unpaired) electrons. The Balaban J connectivity index is 1.95. The topological polar surface area (TPSA) is 73.3 Å². The van der Waals surface area contributed by atoms with Crippen LogP contribution >= 0.6 is 0 Å². The molecular weight excluding hydrogens is 318 g/mol. The second-order valence-corrected chi connectivity index (χ2v) is 6.04. The van der Waals surface area contributed by atoms with E-state index in [9.17, 15) is 4.79 Å². The summed E-state index contributed by atoms with van der Waals surface area (Å²) in [6, 6.07) is 7.67. The second kappa shape index (κ2) is 7.61. The van der Waals surface area contributed by atoms with Crippen LogP contribution in [-0.2, 0) is 14.9 Å². The van der Waals surface area contributed by atoms with Gasteiger partial charge in [0.2, 0.25) is 5.88 Å². The third-order valence-corrected chi connectivity index (χ3v) is 4.68. The summed E-state index contributed by atoms with van der Waals surface area (Å²) in [4.78, 5) is 21.3. The number of nitrogens with zero attached hydrogens (tertiary/aromatic N) is 2. The lowest BCUT2D eigenvalue weighted by Crippen LogP contribution is -2.46. The maximum atomic E-state index is 12.5. The molecule has 6 nitrogen and oxygen atoms in total. The molecule has 0 saturated carbocycles. The number of rotatable bonds is 5. The third kappa shape index (κ3) is 3.35. The number of hydrogen-bond donors (Lipinski definition) is 1. The normalized spacial score (nSPS) is 16.2. The number of carbonyl (C=O) groups is 1. The summed E-state index contributed by atoms with van der Waals surface area (Å²) in [5, 5.41) is 3.29. The summed E-state index contributed by atoms with van der Waals surface area (Å²) in [7, 11) is 1.44. The molecule has 3 heterocycles. The van der Waals surface area contributed by atoms with Gasteiger partial charge in [0.1, 0.15) is 0 Å². The van der Waals surface area contributed by atoms with Crippen molar-refractivity contribution in [2.45, 2.75) is 25.2 Å². The summed E-state index contributed by atoms with van der Waals surface area (Å²) in [6.45, 7) is 4.04. The van der Waals surface area contributed by atoms with Gasteiger partial charge in [-0.25, -0.2) is 4.98 Å². The SMILES string of the molecule is CCOc1ncccc1-c1ccc(C2(C(=O)OC)CCNCC2)cn1. The van der Waals surface area contributed by atoms with E-state index in [1.54, 1.807) is 12.4 Å². The molecule has 0 amide bonds. The Morgan fingerprint density at radius 1 is 1.24 bits per heavy atom. The van der Waals surface area contributed by atoms with Gasteiger partial charge in [0.15, 0.2) is 0 Å². The number of esters is 1. The predicted molar refractivity (Wildman–Crippen MR) is 94.4 cm³/mol. The molecule has 2 aromatic rings. The van der Waals surface area contributed by atoms with Crippen LogP contribution in [0.5, 0.6) is 5.88 Å². The molecule has 1 aliphatic rings. The minimum absolute atomic E-state index is 0.195. The zero-order chi connectivity index (χ0) is 17.7. The van der Waals surface area contributed by atoms with Crippen molar-refractivity contribution in [2.75, 3.05) is 26.8 Å². The van der Waals surface area contributed by atoms with E-state index < -0.39 is 5.41 Å². The fraction of sp³-hybridized carbons (Fsp3) is 0.421. The summed E-state index contributed by atoms with van der Waals surface area (Å²) < 4.78 is 10.7. The number of ether oxygens (including phenoxy) is 2. The molecule has 2 aromatic heterocycles. The van der Waals surface area contributed by atoms with E-state index in [2.05, 4.69) is 15.3 Å². The van der Waals surface area contributed by atoms with Crippen LogP contribution in [0.1, 0.15) is 25.3 Å². The van der Waals surface area contributed by atoms with Gasteiger partial charge < -0.3 is 14.8 Å². The molecule has 0 atom stereocenters. The van der Waals surface area contributed by atoms with Crippen molar-refractivity contribution < 1.29 is 14.3 Å². The van der Waals surface area contributed by atoms with E-state index in [1.807, 2.05) is 31.2 Å². The first-order valence-corrected chi connectivity index (χ1v) is 8.55. The van der Waals surface area contributed by atoms with E-state index in [0.29, 0.717) is 25.3 Å². The van der Waals surface area contributed by atoms with Crippen molar-refractivity contribution >= 4 is 5.97 Å². The van der Waals surface area contributed by atoms with Gasteiger partial charge in [-0.3, -0.25) is 9.78 Å². The number of aromatic nitrogens is 2. The molecule has 6 heteroatoms. The van der Waals surface area contributed by atoms with Crippen LogP contribution in [0.25, 0.3) is 11.3 Å². The molecule has 1 saturated heterocycles. The molecule has 0 aliphatic carbocycles. The minimum atomic E-state index is -0.622. The Morgan fingerprint density at radius 2 is 2.04 bits per heavy atom. The van der Waals surface area contributed by atoms with Crippen molar-refractivity contribution in [1.82, 2.24) is 15.3 Å². The Hall–Kier alpha value is -2.47. The van der Waals surface area contributed by atoms with Crippen molar-refractivity contribution in [2.24, 2.45) is 0 Å². The molecule has 132 valence electrons. The van der Waals surface area contributed by atoms with Crippen LogP contribution in [0.4, 0.5) is 0 Å².